The quantitative estimate of drug-likeness (QED) is 0.866. The van der Waals surface area contributed by atoms with E-state index in [1.165, 1.54) is 32.0 Å². The number of aromatic nitrogens is 2. The van der Waals surface area contributed by atoms with E-state index < -0.39 is 0 Å². The molecule has 2 rings (SSSR count). The molecule has 0 saturated heterocycles. The highest BCUT2D eigenvalue weighted by molar-refractivity contribution is 6.32. The highest BCUT2D eigenvalue weighted by atomic mass is 35.5. The van der Waals surface area contributed by atoms with Crippen LogP contribution in [0.2, 0.25) is 5.02 Å². The van der Waals surface area contributed by atoms with Gasteiger partial charge in [0.1, 0.15) is 17.2 Å². The molecular formula is C12H19ClN4. The first-order chi connectivity index (χ1) is 8.29. The molecule has 1 fully saturated rings. The Morgan fingerprint density at radius 3 is 2.65 bits per heavy atom. The Bertz CT molecular complexity index is 350. The largest absolute Gasteiger partial charge is 0.368 e. The summed E-state index contributed by atoms with van der Waals surface area (Å²) in [5.74, 6) is 2.18. The number of halogens is 1. The van der Waals surface area contributed by atoms with Gasteiger partial charge in [-0.3, -0.25) is 0 Å². The minimum Gasteiger partial charge on any atom is -0.368 e. The summed E-state index contributed by atoms with van der Waals surface area (Å²) in [5.41, 5.74) is 5.68. The molecule has 3 N–H and O–H groups in total. The lowest BCUT2D eigenvalue weighted by atomic mass is 9.82. The molecule has 1 heterocycles. The molecule has 0 amide bonds. The fraction of sp³-hybridized carbons (Fsp3) is 0.667. The summed E-state index contributed by atoms with van der Waals surface area (Å²) in [5, 5.41) is 3.89. The molecular weight excluding hydrogens is 236 g/mol. The van der Waals surface area contributed by atoms with Gasteiger partial charge in [0, 0.05) is 6.54 Å². The highest BCUT2D eigenvalue weighted by Crippen LogP contribution is 2.28. The maximum absolute atomic E-state index is 5.98. The lowest BCUT2D eigenvalue weighted by Gasteiger charge is -2.27. The van der Waals surface area contributed by atoms with Crippen LogP contribution < -0.4 is 11.1 Å². The van der Waals surface area contributed by atoms with Gasteiger partial charge in [-0.25, -0.2) is 9.97 Å². The Labute approximate surface area is 107 Å². The third-order valence-corrected chi connectivity index (χ3v) is 3.80. The molecule has 17 heavy (non-hydrogen) atoms. The van der Waals surface area contributed by atoms with Crippen LogP contribution in [0.5, 0.6) is 0 Å². The Kier molecular flexibility index (Phi) is 4.57. The van der Waals surface area contributed by atoms with E-state index in [2.05, 4.69) is 15.3 Å². The molecule has 1 aliphatic rings. The van der Waals surface area contributed by atoms with Gasteiger partial charge in [-0.2, -0.15) is 0 Å². The van der Waals surface area contributed by atoms with Crippen molar-refractivity contribution < 1.29 is 0 Å². The molecule has 4 nitrogen and oxygen atoms in total. The van der Waals surface area contributed by atoms with E-state index >= 15 is 0 Å². The highest BCUT2D eigenvalue weighted by Gasteiger charge is 2.20. The molecule has 1 aromatic rings. The number of rotatable bonds is 4. The van der Waals surface area contributed by atoms with Crippen molar-refractivity contribution in [1.29, 1.82) is 0 Å². The number of nitrogens with one attached hydrogen (secondary N) is 1. The summed E-state index contributed by atoms with van der Waals surface area (Å²) in [4.78, 5) is 7.98. The Hall–Kier alpha value is -0.870. The molecule has 0 bridgehead atoms. The molecule has 0 atom stereocenters. The molecule has 0 aliphatic heterocycles. The second-order valence-corrected chi connectivity index (χ2v) is 5.13. The maximum atomic E-state index is 5.98. The molecule has 5 heteroatoms. The molecule has 1 saturated carbocycles. The van der Waals surface area contributed by atoms with Crippen LogP contribution in [0.25, 0.3) is 0 Å². The topological polar surface area (TPSA) is 63.8 Å². The summed E-state index contributed by atoms with van der Waals surface area (Å²) < 4.78 is 0. The van der Waals surface area contributed by atoms with Crippen molar-refractivity contribution in [3.05, 3.63) is 17.5 Å². The summed E-state index contributed by atoms with van der Waals surface area (Å²) in [6.07, 6.45) is 8.12. The number of hydrogen-bond donors (Lipinski definition) is 2. The summed E-state index contributed by atoms with van der Waals surface area (Å²) in [6, 6.07) is 0. The van der Waals surface area contributed by atoms with Crippen LogP contribution in [0.3, 0.4) is 0 Å². The smallest absolute Gasteiger partial charge is 0.148 e. The van der Waals surface area contributed by atoms with Gasteiger partial charge in [-0.05, 0) is 44.1 Å². The lowest BCUT2D eigenvalue weighted by molar-refractivity contribution is 0.289. The maximum Gasteiger partial charge on any atom is 0.148 e. The van der Waals surface area contributed by atoms with E-state index in [-0.39, 0.29) is 0 Å². The van der Waals surface area contributed by atoms with Crippen molar-refractivity contribution in [3.63, 3.8) is 0 Å². The van der Waals surface area contributed by atoms with Crippen LogP contribution >= 0.6 is 11.6 Å². The predicted octanol–water partition coefficient (Wildman–Crippen LogP) is 2.31. The molecule has 0 radical (unpaired) electrons. The zero-order valence-corrected chi connectivity index (χ0v) is 10.7. The molecule has 1 aromatic heterocycles. The van der Waals surface area contributed by atoms with E-state index in [1.807, 2.05) is 0 Å². The fourth-order valence-electron chi connectivity index (χ4n) is 2.36. The van der Waals surface area contributed by atoms with Crippen LogP contribution in [-0.4, -0.2) is 23.1 Å². The standard InChI is InChI=1S/C12H19ClN4/c13-11-7-15-8-17-12(11)16-6-10-3-1-9(5-14)2-4-10/h7-10H,1-6,14H2,(H,15,16,17). The van der Waals surface area contributed by atoms with Crippen molar-refractivity contribution in [2.24, 2.45) is 17.6 Å². The summed E-state index contributed by atoms with van der Waals surface area (Å²) in [6.45, 7) is 1.77. The molecule has 94 valence electrons. The third kappa shape index (κ3) is 3.54. The van der Waals surface area contributed by atoms with Crippen molar-refractivity contribution in [2.45, 2.75) is 25.7 Å². The molecule has 0 aromatic carbocycles. The van der Waals surface area contributed by atoms with Crippen LogP contribution in [0.4, 0.5) is 5.82 Å². The first-order valence-corrected chi connectivity index (χ1v) is 6.57. The molecule has 0 unspecified atom stereocenters. The van der Waals surface area contributed by atoms with Gasteiger partial charge in [0.05, 0.1) is 6.20 Å². The molecule has 1 aliphatic carbocycles. The van der Waals surface area contributed by atoms with E-state index in [4.69, 9.17) is 17.3 Å². The Morgan fingerprint density at radius 2 is 2.00 bits per heavy atom. The Balaban J connectivity index is 1.78. The van der Waals surface area contributed by atoms with Crippen molar-refractivity contribution in [2.75, 3.05) is 18.4 Å². The second-order valence-electron chi connectivity index (χ2n) is 4.72. The molecule has 0 spiro atoms. The number of hydrogen-bond acceptors (Lipinski definition) is 4. The average Bonchev–Trinajstić information content (AvgIpc) is 2.38. The Morgan fingerprint density at radius 1 is 1.29 bits per heavy atom. The van der Waals surface area contributed by atoms with E-state index in [9.17, 15) is 0 Å². The first-order valence-electron chi connectivity index (χ1n) is 6.19. The minimum atomic E-state index is 0.586. The van der Waals surface area contributed by atoms with Gasteiger partial charge in [0.2, 0.25) is 0 Å². The van der Waals surface area contributed by atoms with Crippen molar-refractivity contribution in [1.82, 2.24) is 9.97 Å². The van der Waals surface area contributed by atoms with Gasteiger partial charge in [-0.1, -0.05) is 11.6 Å². The minimum absolute atomic E-state index is 0.586. The van der Waals surface area contributed by atoms with Gasteiger partial charge in [-0.15, -0.1) is 0 Å². The SMILES string of the molecule is NCC1CCC(CNc2ncncc2Cl)CC1. The van der Waals surface area contributed by atoms with Gasteiger partial charge in [0.25, 0.3) is 0 Å². The van der Waals surface area contributed by atoms with Crippen LogP contribution in [-0.2, 0) is 0 Å². The lowest BCUT2D eigenvalue weighted by Crippen LogP contribution is -2.25. The number of nitrogens with two attached hydrogens (primary N) is 1. The predicted molar refractivity (Wildman–Crippen MR) is 70.0 cm³/mol. The van der Waals surface area contributed by atoms with Crippen LogP contribution in [0.15, 0.2) is 12.5 Å². The third-order valence-electron chi connectivity index (χ3n) is 3.53. The van der Waals surface area contributed by atoms with Crippen molar-refractivity contribution >= 4 is 17.4 Å². The van der Waals surface area contributed by atoms with E-state index in [1.54, 1.807) is 6.20 Å². The number of nitrogens with zero attached hydrogens (tertiary/aromatic N) is 2. The number of anilines is 1. The fourth-order valence-corrected chi connectivity index (χ4v) is 2.53. The zero-order valence-electron chi connectivity index (χ0n) is 9.90. The zero-order chi connectivity index (χ0) is 12.1. The van der Waals surface area contributed by atoms with Gasteiger partial charge < -0.3 is 11.1 Å². The van der Waals surface area contributed by atoms with Crippen LogP contribution in [0.1, 0.15) is 25.7 Å². The second kappa shape index (κ2) is 6.17. The van der Waals surface area contributed by atoms with Gasteiger partial charge >= 0.3 is 0 Å². The van der Waals surface area contributed by atoms with Crippen LogP contribution in [0, 0.1) is 11.8 Å². The van der Waals surface area contributed by atoms with E-state index in [0.29, 0.717) is 10.9 Å². The normalized spacial score (nSPS) is 24.6. The summed E-state index contributed by atoms with van der Waals surface area (Å²) in [7, 11) is 0. The first kappa shape index (κ1) is 12.6. The average molecular weight is 255 g/mol. The monoisotopic (exact) mass is 254 g/mol. The summed E-state index contributed by atoms with van der Waals surface area (Å²) >= 11 is 5.98. The van der Waals surface area contributed by atoms with E-state index in [0.717, 1.165) is 24.8 Å². The van der Waals surface area contributed by atoms with Crippen molar-refractivity contribution in [3.8, 4) is 0 Å². The van der Waals surface area contributed by atoms with Gasteiger partial charge in [0.15, 0.2) is 0 Å².